The van der Waals surface area contributed by atoms with Gasteiger partial charge in [-0.1, -0.05) is 64.8 Å². The first-order valence-electron chi connectivity index (χ1n) is 12.9. The van der Waals surface area contributed by atoms with Crippen LogP contribution in [0.25, 0.3) is 0 Å². The summed E-state index contributed by atoms with van der Waals surface area (Å²) in [7, 11) is 0. The van der Waals surface area contributed by atoms with Crippen LogP contribution < -0.4 is 0 Å². The molecule has 10 atom stereocenters. The van der Waals surface area contributed by atoms with Gasteiger partial charge in [0, 0.05) is 0 Å². The van der Waals surface area contributed by atoms with Crippen LogP contribution in [0, 0.1) is 46.3 Å². The molecule has 0 unspecified atom stereocenters. The van der Waals surface area contributed by atoms with Crippen LogP contribution in [0.5, 0.6) is 0 Å². The average molecular weight is 413 g/mol. The molecule has 0 aromatic heterocycles. The van der Waals surface area contributed by atoms with Crippen LogP contribution in [0.2, 0.25) is 0 Å². The maximum Gasteiger partial charge on any atom is 0.0873 e. The fourth-order valence-electron chi connectivity index (χ4n) is 8.48. The van der Waals surface area contributed by atoms with E-state index in [0.29, 0.717) is 46.7 Å². The van der Waals surface area contributed by atoms with Crippen molar-refractivity contribution in [1.82, 2.24) is 0 Å². The highest BCUT2D eigenvalue weighted by atomic mass is 16.6. The summed E-state index contributed by atoms with van der Waals surface area (Å²) in [5.74, 6) is 4.32. The van der Waals surface area contributed by atoms with Crippen molar-refractivity contribution in [2.24, 2.45) is 46.3 Å². The highest BCUT2D eigenvalue weighted by molar-refractivity contribution is 5.39. The lowest BCUT2D eigenvalue weighted by atomic mass is 9.50. The second-order valence-electron chi connectivity index (χ2n) is 12.5. The molecule has 0 radical (unpaired) electrons. The second-order valence-corrected chi connectivity index (χ2v) is 12.5. The predicted octanol–water partition coefficient (Wildman–Crippen LogP) is 6.54. The first-order valence-corrected chi connectivity index (χ1v) is 12.9. The molecule has 1 heterocycles. The minimum atomic E-state index is -0.121. The van der Waals surface area contributed by atoms with Crippen LogP contribution >= 0.6 is 0 Å². The van der Waals surface area contributed by atoms with Crippen molar-refractivity contribution in [2.45, 2.75) is 105 Å². The van der Waals surface area contributed by atoms with E-state index >= 15 is 0 Å². The summed E-state index contributed by atoms with van der Waals surface area (Å²) in [4.78, 5) is 0. The minimum Gasteiger partial charge on any atom is -0.393 e. The molecule has 2 nitrogen and oxygen atoms in total. The van der Waals surface area contributed by atoms with Crippen LogP contribution in [-0.4, -0.2) is 23.4 Å². The molecule has 30 heavy (non-hydrogen) atoms. The predicted molar refractivity (Wildman–Crippen MR) is 123 cm³/mol. The van der Waals surface area contributed by atoms with E-state index in [0.717, 1.165) is 31.1 Å². The zero-order chi connectivity index (χ0) is 21.4. The monoisotopic (exact) mass is 412 g/mol. The molecular formula is C28H44O2. The van der Waals surface area contributed by atoms with Gasteiger partial charge < -0.3 is 9.84 Å². The third-order valence-corrected chi connectivity index (χ3v) is 10.9. The number of epoxide rings is 1. The summed E-state index contributed by atoms with van der Waals surface area (Å²) in [6.07, 6.45) is 14.3. The molecule has 1 saturated heterocycles. The van der Waals surface area contributed by atoms with Crippen molar-refractivity contribution in [1.29, 1.82) is 0 Å². The van der Waals surface area contributed by atoms with Crippen LogP contribution in [0.3, 0.4) is 0 Å². The summed E-state index contributed by atoms with van der Waals surface area (Å²) in [6, 6.07) is 0. The van der Waals surface area contributed by atoms with Gasteiger partial charge in [-0.05, 0) is 91.3 Å². The smallest absolute Gasteiger partial charge is 0.0873 e. The van der Waals surface area contributed by atoms with E-state index in [4.69, 9.17) is 4.74 Å². The van der Waals surface area contributed by atoms with Crippen molar-refractivity contribution in [3.8, 4) is 0 Å². The highest BCUT2D eigenvalue weighted by Gasteiger charge is 2.60. The van der Waals surface area contributed by atoms with Gasteiger partial charge in [0.05, 0.1) is 18.3 Å². The van der Waals surface area contributed by atoms with E-state index in [1.165, 1.54) is 31.3 Å². The quantitative estimate of drug-likeness (QED) is 0.532. The third kappa shape index (κ3) is 3.03. The minimum absolute atomic E-state index is 0.121. The Morgan fingerprint density at radius 2 is 1.70 bits per heavy atom. The van der Waals surface area contributed by atoms with E-state index in [2.05, 4.69) is 53.7 Å². The molecule has 0 bridgehead atoms. The summed E-state index contributed by atoms with van der Waals surface area (Å²) in [5, 5.41) is 10.2. The van der Waals surface area contributed by atoms with Gasteiger partial charge in [0.2, 0.25) is 0 Å². The van der Waals surface area contributed by atoms with Gasteiger partial charge in [0.25, 0.3) is 0 Å². The summed E-state index contributed by atoms with van der Waals surface area (Å²) in [6.45, 7) is 14.7. The lowest BCUT2D eigenvalue weighted by Gasteiger charge is -2.55. The van der Waals surface area contributed by atoms with Crippen molar-refractivity contribution >= 4 is 0 Å². The number of fused-ring (bicyclic) bond motifs is 5. The van der Waals surface area contributed by atoms with E-state index in [9.17, 15) is 5.11 Å². The van der Waals surface area contributed by atoms with Gasteiger partial charge in [0.1, 0.15) is 0 Å². The Bertz CT molecular complexity index is 750. The first kappa shape index (κ1) is 21.3. The number of hydrogen-bond acceptors (Lipinski definition) is 2. The van der Waals surface area contributed by atoms with Gasteiger partial charge in [-0.3, -0.25) is 0 Å². The van der Waals surface area contributed by atoms with Gasteiger partial charge in [-0.2, -0.15) is 0 Å². The summed E-state index contributed by atoms with van der Waals surface area (Å²) in [5.41, 5.74) is 4.03. The Hall–Kier alpha value is -0.600. The van der Waals surface area contributed by atoms with Gasteiger partial charge in [-0.15, -0.1) is 0 Å². The molecule has 5 aliphatic rings. The number of hydrogen-bond donors (Lipinski definition) is 1. The highest BCUT2D eigenvalue weighted by Crippen LogP contribution is 2.66. The van der Waals surface area contributed by atoms with E-state index in [-0.39, 0.29) is 6.10 Å². The number of aliphatic hydroxyl groups is 1. The molecule has 2 heteroatoms. The molecular weight excluding hydrogens is 368 g/mol. The molecule has 0 aromatic carbocycles. The summed E-state index contributed by atoms with van der Waals surface area (Å²) >= 11 is 0. The van der Waals surface area contributed by atoms with Crippen molar-refractivity contribution in [3.05, 3.63) is 23.3 Å². The topological polar surface area (TPSA) is 32.8 Å². The number of aliphatic hydroxyl groups excluding tert-OH is 1. The Morgan fingerprint density at radius 3 is 2.43 bits per heavy atom. The van der Waals surface area contributed by atoms with Crippen molar-refractivity contribution in [3.63, 3.8) is 0 Å². The van der Waals surface area contributed by atoms with Crippen molar-refractivity contribution < 1.29 is 9.84 Å². The first-order chi connectivity index (χ1) is 14.2. The van der Waals surface area contributed by atoms with E-state index < -0.39 is 0 Å². The largest absolute Gasteiger partial charge is 0.393 e. The van der Waals surface area contributed by atoms with Crippen LogP contribution in [0.4, 0.5) is 0 Å². The third-order valence-electron chi connectivity index (χ3n) is 10.9. The van der Waals surface area contributed by atoms with Gasteiger partial charge in [0.15, 0.2) is 0 Å². The molecule has 4 fully saturated rings. The summed E-state index contributed by atoms with van der Waals surface area (Å²) < 4.78 is 6.29. The molecule has 1 aliphatic heterocycles. The molecule has 3 saturated carbocycles. The van der Waals surface area contributed by atoms with Crippen LogP contribution in [-0.2, 0) is 4.74 Å². The zero-order valence-electron chi connectivity index (χ0n) is 20.2. The molecule has 0 aromatic rings. The van der Waals surface area contributed by atoms with Gasteiger partial charge >= 0.3 is 0 Å². The zero-order valence-corrected chi connectivity index (χ0v) is 20.2. The van der Waals surface area contributed by atoms with Crippen LogP contribution in [0.15, 0.2) is 23.3 Å². The molecule has 5 rings (SSSR count). The van der Waals surface area contributed by atoms with Crippen molar-refractivity contribution in [2.75, 3.05) is 0 Å². The number of rotatable bonds is 4. The lowest BCUT2D eigenvalue weighted by molar-refractivity contribution is 0.0299. The van der Waals surface area contributed by atoms with Crippen LogP contribution in [0.1, 0.15) is 86.5 Å². The fourth-order valence-corrected chi connectivity index (χ4v) is 8.48. The Kier molecular flexibility index (Phi) is 5.10. The maximum atomic E-state index is 10.2. The molecule has 4 aliphatic carbocycles. The molecule has 1 N–H and O–H groups in total. The lowest BCUT2D eigenvalue weighted by Crippen LogP contribution is -2.47. The van der Waals surface area contributed by atoms with E-state index in [1.807, 2.05) is 0 Å². The Labute approximate surface area is 184 Å². The average Bonchev–Trinajstić information content (AvgIpc) is 3.42. The molecule has 168 valence electrons. The Balaban J connectivity index is 1.37. The molecule has 0 amide bonds. The number of allylic oxidation sites excluding steroid dienone is 3. The maximum absolute atomic E-state index is 10.2. The Morgan fingerprint density at radius 1 is 0.933 bits per heavy atom. The normalized spacial score (nSPS) is 49.5. The number of ether oxygens (including phenoxy) is 1. The van der Waals surface area contributed by atoms with E-state index in [1.54, 1.807) is 5.57 Å². The van der Waals surface area contributed by atoms with Gasteiger partial charge in [-0.25, -0.2) is 0 Å². The molecule has 0 spiro atoms. The standard InChI is InChI=1S/C28H44O2/c1-16(2)17(3)25-26(30-25)18(4)22-9-10-23-21-8-7-19-15-20(29)11-13-27(19,5)24(21)12-14-28(22,23)6/h7-8,16-18,20,22-26,29H,9-15H2,1-6H3/t17-,18+,20+,22-,23+,24+,25+,26+,27+,28-/m1/s1. The second kappa shape index (κ2) is 7.20. The fraction of sp³-hybridized carbons (Fsp3) is 0.857. The SMILES string of the molecule is CC(C)[C@@H](C)[C@@H]1O[C@H]1[C@@H](C)[C@H]1CC[C@H]2C3=CC=C4C[C@@H](O)CC[C@]4(C)[C@H]3CC[C@]12C.